The Morgan fingerprint density at radius 3 is 2.89 bits per heavy atom. The Bertz CT molecular complexity index is 1180. The highest BCUT2D eigenvalue weighted by molar-refractivity contribution is 5.75. The van der Waals surface area contributed by atoms with Gasteiger partial charge in [0.15, 0.2) is 5.76 Å². The van der Waals surface area contributed by atoms with Gasteiger partial charge in [-0.3, -0.25) is 9.59 Å². The molecule has 9 nitrogen and oxygen atoms in total. The predicted molar refractivity (Wildman–Crippen MR) is 99.8 cm³/mol. The quantitative estimate of drug-likeness (QED) is 0.544. The topological polar surface area (TPSA) is 104 Å². The maximum Gasteiger partial charge on any atom is 0.293 e. The van der Waals surface area contributed by atoms with Gasteiger partial charge in [0.05, 0.1) is 13.4 Å². The Kier molecular flexibility index (Phi) is 4.63. The van der Waals surface area contributed by atoms with E-state index in [1.807, 2.05) is 24.3 Å². The number of aromatic nitrogens is 4. The number of rotatable bonds is 6. The van der Waals surface area contributed by atoms with Crippen molar-refractivity contribution in [1.82, 2.24) is 24.7 Å². The number of methoxy groups -OCH3 is 1. The molecule has 1 aromatic carbocycles. The lowest BCUT2D eigenvalue weighted by Gasteiger charge is -2.10. The molecule has 28 heavy (non-hydrogen) atoms. The lowest BCUT2D eigenvalue weighted by atomic mass is 10.2. The minimum absolute atomic E-state index is 0.203. The van der Waals surface area contributed by atoms with E-state index < -0.39 is 5.56 Å². The number of benzene rings is 1. The van der Waals surface area contributed by atoms with E-state index in [1.165, 1.54) is 17.1 Å². The third-order valence-electron chi connectivity index (χ3n) is 4.23. The minimum atomic E-state index is -0.416. The summed E-state index contributed by atoms with van der Waals surface area (Å²) in [5.41, 5.74) is 1.24. The molecule has 4 aromatic rings. The Morgan fingerprint density at radius 2 is 2.11 bits per heavy atom. The Balaban J connectivity index is 1.50. The number of amides is 1. The molecular formula is C19H17N5O4. The van der Waals surface area contributed by atoms with Gasteiger partial charge in [-0.05, 0) is 18.2 Å². The fourth-order valence-electron chi connectivity index (χ4n) is 2.83. The lowest BCUT2D eigenvalue weighted by Crippen LogP contribution is -2.34. The lowest BCUT2D eigenvalue weighted by molar-refractivity contribution is -0.122. The van der Waals surface area contributed by atoms with Gasteiger partial charge in [0.1, 0.15) is 29.8 Å². The minimum Gasteiger partial charge on any atom is -0.496 e. The van der Waals surface area contributed by atoms with Crippen LogP contribution in [0.2, 0.25) is 0 Å². The van der Waals surface area contributed by atoms with Crippen LogP contribution < -0.4 is 15.6 Å². The number of hydrogen-bond donors (Lipinski definition) is 1. The third kappa shape index (κ3) is 3.37. The van der Waals surface area contributed by atoms with Crippen molar-refractivity contribution in [2.45, 2.75) is 13.1 Å². The summed E-state index contributed by atoms with van der Waals surface area (Å²) in [6.07, 6.45) is 2.92. The summed E-state index contributed by atoms with van der Waals surface area (Å²) in [5, 5.41) is 11.1. The van der Waals surface area contributed by atoms with Crippen molar-refractivity contribution in [3.8, 4) is 17.2 Å². The molecule has 0 aliphatic rings. The average molecular weight is 379 g/mol. The van der Waals surface area contributed by atoms with E-state index >= 15 is 0 Å². The first-order valence-corrected chi connectivity index (χ1v) is 8.53. The van der Waals surface area contributed by atoms with Gasteiger partial charge in [-0.2, -0.15) is 10.2 Å². The molecule has 0 unspecified atom stereocenters. The summed E-state index contributed by atoms with van der Waals surface area (Å²) < 4.78 is 13.0. The first-order valence-electron chi connectivity index (χ1n) is 8.53. The van der Waals surface area contributed by atoms with Gasteiger partial charge in [0.25, 0.3) is 5.56 Å². The maximum atomic E-state index is 12.6. The summed E-state index contributed by atoms with van der Waals surface area (Å²) in [4.78, 5) is 24.9. The molecule has 0 saturated carbocycles. The first-order chi connectivity index (χ1) is 13.7. The van der Waals surface area contributed by atoms with Gasteiger partial charge in [-0.1, -0.05) is 18.2 Å². The van der Waals surface area contributed by atoms with Gasteiger partial charge in [0.2, 0.25) is 5.91 Å². The fraction of sp³-hybridized carbons (Fsp3) is 0.158. The van der Waals surface area contributed by atoms with E-state index in [9.17, 15) is 9.59 Å². The molecule has 1 amide bonds. The van der Waals surface area contributed by atoms with E-state index in [1.54, 1.807) is 25.3 Å². The summed E-state index contributed by atoms with van der Waals surface area (Å²) in [5.74, 6) is 0.893. The average Bonchev–Trinajstić information content (AvgIpc) is 3.38. The SMILES string of the molecule is COc1ccccc1CNC(=O)Cn1ncn2nc(-c3ccco3)cc2c1=O. The number of para-hydroxylation sites is 1. The second-order valence-electron chi connectivity index (χ2n) is 6.02. The molecule has 0 spiro atoms. The molecule has 3 aromatic heterocycles. The van der Waals surface area contributed by atoms with E-state index in [0.717, 1.165) is 10.2 Å². The molecule has 4 rings (SSSR count). The molecule has 0 bridgehead atoms. The molecule has 1 N–H and O–H groups in total. The van der Waals surface area contributed by atoms with Crippen LogP contribution in [0.3, 0.4) is 0 Å². The molecule has 0 aliphatic carbocycles. The summed E-state index contributed by atoms with van der Waals surface area (Å²) in [6.45, 7) is 0.0842. The number of carbonyl (C=O) groups is 1. The van der Waals surface area contributed by atoms with Crippen molar-refractivity contribution in [3.05, 3.63) is 71.0 Å². The number of ether oxygens (including phenoxy) is 1. The number of carbonyl (C=O) groups excluding carboxylic acids is 1. The van der Waals surface area contributed by atoms with Crippen LogP contribution in [-0.4, -0.2) is 32.4 Å². The second kappa shape index (κ2) is 7.39. The number of fused-ring (bicyclic) bond motifs is 1. The van der Waals surface area contributed by atoms with Gasteiger partial charge < -0.3 is 14.5 Å². The number of hydrogen-bond acceptors (Lipinski definition) is 6. The van der Waals surface area contributed by atoms with Crippen molar-refractivity contribution in [2.75, 3.05) is 7.11 Å². The van der Waals surface area contributed by atoms with E-state index in [0.29, 0.717) is 22.7 Å². The smallest absolute Gasteiger partial charge is 0.293 e. The normalized spacial score (nSPS) is 10.9. The van der Waals surface area contributed by atoms with Crippen LogP contribution in [0.15, 0.2) is 64.3 Å². The summed E-state index contributed by atoms with van der Waals surface area (Å²) in [6, 6.07) is 12.5. The first kappa shape index (κ1) is 17.5. The Morgan fingerprint density at radius 1 is 1.25 bits per heavy atom. The van der Waals surface area contributed by atoms with Gasteiger partial charge in [0, 0.05) is 18.2 Å². The van der Waals surface area contributed by atoms with Gasteiger partial charge in [-0.15, -0.1) is 0 Å². The highest BCUT2D eigenvalue weighted by Gasteiger charge is 2.13. The van der Waals surface area contributed by atoms with Crippen LogP contribution in [0, 0.1) is 0 Å². The molecule has 0 radical (unpaired) electrons. The summed E-state index contributed by atoms with van der Waals surface area (Å²) >= 11 is 0. The van der Waals surface area contributed by atoms with E-state index in [4.69, 9.17) is 9.15 Å². The van der Waals surface area contributed by atoms with Crippen LogP contribution in [0.5, 0.6) is 5.75 Å². The van der Waals surface area contributed by atoms with Crippen LogP contribution in [0.25, 0.3) is 17.0 Å². The number of nitrogens with zero attached hydrogens (tertiary/aromatic N) is 4. The van der Waals surface area contributed by atoms with Crippen molar-refractivity contribution in [2.24, 2.45) is 0 Å². The molecular weight excluding hydrogens is 362 g/mol. The second-order valence-corrected chi connectivity index (χ2v) is 6.02. The zero-order valence-electron chi connectivity index (χ0n) is 15.0. The Hall–Kier alpha value is -3.88. The monoisotopic (exact) mass is 379 g/mol. The maximum absolute atomic E-state index is 12.6. The third-order valence-corrected chi connectivity index (χ3v) is 4.23. The molecule has 9 heteroatoms. The molecule has 3 heterocycles. The van der Waals surface area contributed by atoms with Crippen molar-refractivity contribution in [1.29, 1.82) is 0 Å². The molecule has 0 saturated heterocycles. The van der Waals surface area contributed by atoms with E-state index in [2.05, 4.69) is 15.5 Å². The molecule has 0 atom stereocenters. The zero-order chi connectivity index (χ0) is 19.5. The van der Waals surface area contributed by atoms with Crippen LogP contribution in [0.1, 0.15) is 5.56 Å². The van der Waals surface area contributed by atoms with Gasteiger partial charge >= 0.3 is 0 Å². The van der Waals surface area contributed by atoms with Gasteiger partial charge in [-0.25, -0.2) is 9.20 Å². The van der Waals surface area contributed by atoms with Crippen molar-refractivity contribution < 1.29 is 13.9 Å². The van der Waals surface area contributed by atoms with E-state index in [-0.39, 0.29) is 19.0 Å². The van der Waals surface area contributed by atoms with Crippen LogP contribution in [0.4, 0.5) is 0 Å². The van der Waals surface area contributed by atoms with Crippen molar-refractivity contribution in [3.63, 3.8) is 0 Å². The zero-order valence-corrected chi connectivity index (χ0v) is 15.0. The predicted octanol–water partition coefficient (Wildman–Crippen LogP) is 1.48. The number of nitrogens with one attached hydrogen (secondary N) is 1. The highest BCUT2D eigenvalue weighted by atomic mass is 16.5. The fourth-order valence-corrected chi connectivity index (χ4v) is 2.83. The molecule has 0 aliphatic heterocycles. The Labute approximate surface area is 159 Å². The largest absolute Gasteiger partial charge is 0.496 e. The summed E-state index contributed by atoms with van der Waals surface area (Å²) in [7, 11) is 1.57. The van der Waals surface area contributed by atoms with Crippen molar-refractivity contribution >= 4 is 11.4 Å². The van der Waals surface area contributed by atoms with Crippen LogP contribution >= 0.6 is 0 Å². The molecule has 142 valence electrons. The standard InChI is InChI=1S/C19H17N5O4/c1-27-16-6-3-2-5-13(16)10-20-18(25)11-23-19(26)15-9-14(17-7-4-8-28-17)22-24(15)12-21-23/h2-9,12H,10-11H2,1H3,(H,20,25). The highest BCUT2D eigenvalue weighted by Crippen LogP contribution is 2.18. The molecule has 0 fully saturated rings. The number of furan rings is 1. The van der Waals surface area contributed by atoms with Crippen LogP contribution in [-0.2, 0) is 17.9 Å².